The van der Waals surface area contributed by atoms with Crippen molar-refractivity contribution in [2.75, 3.05) is 37.6 Å². The van der Waals surface area contributed by atoms with E-state index in [4.69, 9.17) is 0 Å². The number of nitrogens with zero attached hydrogens (tertiary/aromatic N) is 2. The Morgan fingerprint density at radius 2 is 1.83 bits per heavy atom. The third-order valence-electron chi connectivity index (χ3n) is 4.27. The topological polar surface area (TPSA) is 64.7 Å². The van der Waals surface area contributed by atoms with Gasteiger partial charge >= 0.3 is 6.03 Å². The van der Waals surface area contributed by atoms with Crippen molar-refractivity contribution in [2.45, 2.75) is 26.8 Å². The summed E-state index contributed by atoms with van der Waals surface area (Å²) in [7, 11) is 0. The monoisotopic (exact) mass is 318 g/mol. The van der Waals surface area contributed by atoms with Gasteiger partial charge in [0, 0.05) is 38.4 Å². The molecular formula is C17H26N4O2. The van der Waals surface area contributed by atoms with Crippen LogP contribution in [0.2, 0.25) is 0 Å². The number of urea groups is 1. The Bertz CT molecular complexity index is 553. The summed E-state index contributed by atoms with van der Waals surface area (Å²) in [5.41, 5.74) is 2.52. The second-order valence-corrected chi connectivity index (χ2v) is 5.83. The Labute approximate surface area is 137 Å². The highest BCUT2D eigenvalue weighted by Crippen LogP contribution is 2.21. The molecule has 1 heterocycles. The van der Waals surface area contributed by atoms with Gasteiger partial charge in [-0.3, -0.25) is 15.0 Å². The number of amides is 3. The summed E-state index contributed by atoms with van der Waals surface area (Å²) in [6, 6.07) is 7.61. The molecule has 1 fully saturated rings. The van der Waals surface area contributed by atoms with Gasteiger partial charge in [-0.25, -0.2) is 4.79 Å². The van der Waals surface area contributed by atoms with Crippen LogP contribution in [0.5, 0.6) is 0 Å². The fraction of sp³-hybridized carbons (Fsp3) is 0.529. The molecule has 0 aromatic heterocycles. The predicted molar refractivity (Wildman–Crippen MR) is 91.6 cm³/mol. The van der Waals surface area contributed by atoms with E-state index in [1.54, 1.807) is 0 Å². The van der Waals surface area contributed by atoms with Crippen molar-refractivity contribution in [2.24, 2.45) is 0 Å². The molecule has 2 rings (SSSR count). The smallest absolute Gasteiger partial charge is 0.321 e. The molecule has 0 aliphatic carbocycles. The standard InChI is InChI=1S/C17H26N4O2/c1-4-18-17(23)19-16(22)14(3)20-9-11-21(12-10-20)15-8-6-5-7-13(15)2/h5-8,14H,4,9-12H2,1-3H3,(H2,18,19,22,23)/t14-/m1/s1. The van der Waals surface area contributed by atoms with Crippen molar-refractivity contribution in [3.63, 3.8) is 0 Å². The molecule has 1 aliphatic heterocycles. The number of benzene rings is 1. The van der Waals surface area contributed by atoms with E-state index in [1.807, 2.05) is 19.9 Å². The minimum Gasteiger partial charge on any atom is -0.369 e. The molecular weight excluding hydrogens is 292 g/mol. The summed E-state index contributed by atoms with van der Waals surface area (Å²) in [5.74, 6) is -0.250. The second-order valence-electron chi connectivity index (χ2n) is 5.83. The molecule has 1 atom stereocenters. The van der Waals surface area contributed by atoms with Gasteiger partial charge in [0.1, 0.15) is 0 Å². The number of carbonyl (C=O) groups excluding carboxylic acids is 2. The van der Waals surface area contributed by atoms with Crippen molar-refractivity contribution < 1.29 is 9.59 Å². The Hall–Kier alpha value is -2.08. The Morgan fingerprint density at radius 1 is 1.17 bits per heavy atom. The molecule has 0 unspecified atom stereocenters. The number of piperazine rings is 1. The molecule has 1 aromatic carbocycles. The number of para-hydroxylation sites is 1. The molecule has 6 nitrogen and oxygen atoms in total. The van der Waals surface area contributed by atoms with E-state index in [1.165, 1.54) is 11.3 Å². The zero-order valence-electron chi connectivity index (χ0n) is 14.1. The van der Waals surface area contributed by atoms with Gasteiger partial charge in [0.25, 0.3) is 0 Å². The minimum atomic E-state index is -0.428. The van der Waals surface area contributed by atoms with Crippen LogP contribution in [0.1, 0.15) is 19.4 Å². The van der Waals surface area contributed by atoms with Crippen LogP contribution in [0, 0.1) is 6.92 Å². The van der Waals surface area contributed by atoms with Crippen LogP contribution in [-0.4, -0.2) is 55.6 Å². The second kappa shape index (κ2) is 7.97. The lowest BCUT2D eigenvalue weighted by molar-refractivity contribution is -0.124. The first kappa shape index (κ1) is 17.3. The van der Waals surface area contributed by atoms with E-state index >= 15 is 0 Å². The number of carbonyl (C=O) groups is 2. The molecule has 6 heteroatoms. The van der Waals surface area contributed by atoms with E-state index in [0.717, 1.165) is 26.2 Å². The minimum absolute atomic E-state index is 0.250. The number of hydrogen-bond acceptors (Lipinski definition) is 4. The van der Waals surface area contributed by atoms with Gasteiger partial charge in [-0.05, 0) is 32.4 Å². The Balaban J connectivity index is 1.87. The summed E-state index contributed by atoms with van der Waals surface area (Å²) in [4.78, 5) is 28.0. The molecule has 2 N–H and O–H groups in total. The van der Waals surface area contributed by atoms with Gasteiger partial charge in [0.15, 0.2) is 0 Å². The molecule has 0 radical (unpaired) electrons. The molecule has 3 amide bonds. The predicted octanol–water partition coefficient (Wildman–Crippen LogP) is 1.35. The SMILES string of the molecule is CCNC(=O)NC(=O)[C@@H](C)N1CCN(c2ccccc2C)CC1. The van der Waals surface area contributed by atoms with E-state index in [9.17, 15) is 9.59 Å². The largest absolute Gasteiger partial charge is 0.369 e. The zero-order chi connectivity index (χ0) is 16.8. The van der Waals surface area contributed by atoms with Crippen LogP contribution in [0.15, 0.2) is 24.3 Å². The maximum Gasteiger partial charge on any atom is 0.321 e. The average Bonchev–Trinajstić information content (AvgIpc) is 2.55. The van der Waals surface area contributed by atoms with E-state index in [-0.39, 0.29) is 11.9 Å². The van der Waals surface area contributed by atoms with Crippen LogP contribution in [0.3, 0.4) is 0 Å². The van der Waals surface area contributed by atoms with Crippen LogP contribution in [0.25, 0.3) is 0 Å². The van der Waals surface area contributed by atoms with Crippen LogP contribution >= 0.6 is 0 Å². The highest BCUT2D eigenvalue weighted by Gasteiger charge is 2.26. The fourth-order valence-corrected chi connectivity index (χ4v) is 2.86. The first-order valence-electron chi connectivity index (χ1n) is 8.16. The van der Waals surface area contributed by atoms with Crippen molar-refractivity contribution in [1.82, 2.24) is 15.5 Å². The molecule has 0 bridgehead atoms. The highest BCUT2D eigenvalue weighted by atomic mass is 16.2. The number of aryl methyl sites for hydroxylation is 1. The third-order valence-corrected chi connectivity index (χ3v) is 4.27. The van der Waals surface area contributed by atoms with Gasteiger partial charge in [-0.2, -0.15) is 0 Å². The van der Waals surface area contributed by atoms with Gasteiger partial charge in [0.2, 0.25) is 5.91 Å². The van der Waals surface area contributed by atoms with E-state index < -0.39 is 6.03 Å². The first-order valence-corrected chi connectivity index (χ1v) is 8.16. The van der Waals surface area contributed by atoms with E-state index in [0.29, 0.717) is 6.54 Å². The van der Waals surface area contributed by atoms with Crippen LogP contribution in [0.4, 0.5) is 10.5 Å². The molecule has 1 aromatic rings. The van der Waals surface area contributed by atoms with Gasteiger partial charge < -0.3 is 10.2 Å². The Kier molecular flexibility index (Phi) is 5.98. The number of hydrogen-bond donors (Lipinski definition) is 2. The first-order chi connectivity index (χ1) is 11.0. The van der Waals surface area contributed by atoms with Crippen molar-refractivity contribution in [3.05, 3.63) is 29.8 Å². The summed E-state index contributed by atoms with van der Waals surface area (Å²) in [6.07, 6.45) is 0. The van der Waals surface area contributed by atoms with E-state index in [2.05, 4.69) is 45.6 Å². The fourth-order valence-electron chi connectivity index (χ4n) is 2.86. The lowest BCUT2D eigenvalue weighted by Gasteiger charge is -2.39. The summed E-state index contributed by atoms with van der Waals surface area (Å²) < 4.78 is 0. The van der Waals surface area contributed by atoms with Gasteiger partial charge in [-0.1, -0.05) is 18.2 Å². The zero-order valence-corrected chi connectivity index (χ0v) is 14.1. The normalized spacial score (nSPS) is 16.7. The summed E-state index contributed by atoms with van der Waals surface area (Å²) >= 11 is 0. The third kappa shape index (κ3) is 4.45. The number of nitrogens with one attached hydrogen (secondary N) is 2. The van der Waals surface area contributed by atoms with Crippen LogP contribution < -0.4 is 15.5 Å². The molecule has 1 aliphatic rings. The van der Waals surface area contributed by atoms with Crippen molar-refractivity contribution in [3.8, 4) is 0 Å². The molecule has 0 saturated carbocycles. The number of rotatable bonds is 4. The van der Waals surface area contributed by atoms with Crippen molar-refractivity contribution in [1.29, 1.82) is 0 Å². The molecule has 0 spiro atoms. The number of imide groups is 1. The maximum atomic E-state index is 12.1. The maximum absolute atomic E-state index is 12.1. The van der Waals surface area contributed by atoms with Crippen molar-refractivity contribution >= 4 is 17.6 Å². The summed E-state index contributed by atoms with van der Waals surface area (Å²) in [6.45, 7) is 9.65. The molecule has 126 valence electrons. The lowest BCUT2D eigenvalue weighted by Crippen LogP contribution is -2.55. The molecule has 1 saturated heterocycles. The quantitative estimate of drug-likeness (QED) is 0.880. The average molecular weight is 318 g/mol. The summed E-state index contributed by atoms with van der Waals surface area (Å²) in [5, 5.41) is 4.96. The Morgan fingerprint density at radius 3 is 2.43 bits per heavy atom. The highest BCUT2D eigenvalue weighted by molar-refractivity contribution is 5.96. The number of anilines is 1. The van der Waals surface area contributed by atoms with Crippen LogP contribution in [-0.2, 0) is 4.79 Å². The van der Waals surface area contributed by atoms with Gasteiger partial charge in [-0.15, -0.1) is 0 Å². The molecule has 23 heavy (non-hydrogen) atoms. The van der Waals surface area contributed by atoms with Gasteiger partial charge in [0.05, 0.1) is 6.04 Å². The lowest BCUT2D eigenvalue weighted by atomic mass is 10.1.